The second-order valence-electron chi connectivity index (χ2n) is 5.87. The number of nitrogens with one attached hydrogen (secondary N) is 1. The Labute approximate surface area is 153 Å². The van der Waals surface area contributed by atoms with Gasteiger partial charge in [-0.1, -0.05) is 43.5 Å². The maximum Gasteiger partial charge on any atom is 0.336 e. The molecule has 1 aliphatic heterocycles. The van der Waals surface area contributed by atoms with E-state index < -0.39 is 5.97 Å². The molecule has 0 radical (unpaired) electrons. The lowest BCUT2D eigenvalue weighted by Gasteiger charge is -2.26. The molecule has 1 aromatic carbocycles. The van der Waals surface area contributed by atoms with Gasteiger partial charge in [0.15, 0.2) is 0 Å². The number of carbonyl (C=O) groups excluding carboxylic acids is 2. The van der Waals surface area contributed by atoms with Crippen LogP contribution < -0.4 is 10.1 Å². The van der Waals surface area contributed by atoms with E-state index in [1.165, 1.54) is 0 Å². The fourth-order valence-corrected chi connectivity index (χ4v) is 2.85. The van der Waals surface area contributed by atoms with Gasteiger partial charge >= 0.3 is 5.97 Å². The van der Waals surface area contributed by atoms with Crippen LogP contribution in [0.15, 0.2) is 72.5 Å². The van der Waals surface area contributed by atoms with E-state index in [0.717, 1.165) is 11.1 Å². The highest BCUT2D eigenvalue weighted by Gasteiger charge is 2.32. The van der Waals surface area contributed by atoms with Gasteiger partial charge < -0.3 is 14.8 Å². The van der Waals surface area contributed by atoms with E-state index in [1.54, 1.807) is 32.3 Å². The first-order chi connectivity index (χ1) is 12.5. The van der Waals surface area contributed by atoms with Crippen molar-refractivity contribution in [2.45, 2.75) is 19.3 Å². The van der Waals surface area contributed by atoms with E-state index in [2.05, 4.69) is 18.5 Å². The standard InChI is InChI=1S/C21H23NO4/c1-5-7-15(6-2)13-26-21(24)20-14(3)22-19(23)12-18(20)16-8-10-17(25-4)11-9-16/h5-11,18H,1-2,12-13H2,3-4H3,(H,22,23)/b15-7+. The average Bonchev–Trinajstić information content (AvgIpc) is 2.64. The number of hydrogen-bond donors (Lipinski definition) is 1. The van der Waals surface area contributed by atoms with Crippen molar-refractivity contribution in [3.63, 3.8) is 0 Å². The predicted octanol–water partition coefficient (Wildman–Crippen LogP) is 3.41. The van der Waals surface area contributed by atoms with E-state index in [0.29, 0.717) is 17.0 Å². The van der Waals surface area contributed by atoms with Crippen LogP contribution in [0.5, 0.6) is 5.75 Å². The predicted molar refractivity (Wildman–Crippen MR) is 101 cm³/mol. The van der Waals surface area contributed by atoms with Gasteiger partial charge in [-0.2, -0.15) is 0 Å². The van der Waals surface area contributed by atoms with Crippen molar-refractivity contribution >= 4 is 11.9 Å². The van der Waals surface area contributed by atoms with Gasteiger partial charge in [0.1, 0.15) is 12.4 Å². The topological polar surface area (TPSA) is 64.6 Å². The zero-order valence-corrected chi connectivity index (χ0v) is 15.1. The van der Waals surface area contributed by atoms with Crippen molar-refractivity contribution in [2.24, 2.45) is 0 Å². The molecular weight excluding hydrogens is 330 g/mol. The lowest BCUT2D eigenvalue weighted by Crippen LogP contribution is -2.34. The first kappa shape index (κ1) is 19.2. The Balaban J connectivity index is 2.28. The third-order valence-corrected chi connectivity index (χ3v) is 4.17. The van der Waals surface area contributed by atoms with Gasteiger partial charge in [0.2, 0.25) is 5.91 Å². The number of carbonyl (C=O) groups is 2. The Morgan fingerprint density at radius 3 is 2.58 bits per heavy atom. The van der Waals surface area contributed by atoms with E-state index in [9.17, 15) is 9.59 Å². The fourth-order valence-electron chi connectivity index (χ4n) is 2.85. The number of hydrogen-bond acceptors (Lipinski definition) is 4. The molecule has 5 heteroatoms. The Kier molecular flexibility index (Phi) is 6.55. The van der Waals surface area contributed by atoms with Crippen LogP contribution in [0.2, 0.25) is 0 Å². The van der Waals surface area contributed by atoms with E-state index >= 15 is 0 Å². The molecule has 0 spiro atoms. The summed E-state index contributed by atoms with van der Waals surface area (Å²) in [7, 11) is 1.59. The number of allylic oxidation sites excluding steroid dienone is 3. The van der Waals surface area contributed by atoms with Crippen molar-refractivity contribution in [1.29, 1.82) is 0 Å². The lowest BCUT2D eigenvalue weighted by atomic mass is 9.84. The van der Waals surface area contributed by atoms with Crippen molar-refractivity contribution in [1.82, 2.24) is 5.32 Å². The van der Waals surface area contributed by atoms with Gasteiger partial charge in [0.05, 0.1) is 12.7 Å². The first-order valence-electron chi connectivity index (χ1n) is 8.25. The number of ether oxygens (including phenoxy) is 2. The van der Waals surface area contributed by atoms with Crippen LogP contribution in [0.4, 0.5) is 0 Å². The van der Waals surface area contributed by atoms with Crippen LogP contribution in [0.25, 0.3) is 0 Å². The van der Waals surface area contributed by atoms with Crippen molar-refractivity contribution in [2.75, 3.05) is 13.7 Å². The molecule has 0 bridgehead atoms. The van der Waals surface area contributed by atoms with Gasteiger partial charge in [-0.3, -0.25) is 4.79 Å². The van der Waals surface area contributed by atoms with E-state index in [4.69, 9.17) is 9.47 Å². The van der Waals surface area contributed by atoms with Gasteiger partial charge in [0.25, 0.3) is 0 Å². The molecule has 1 unspecified atom stereocenters. The smallest absolute Gasteiger partial charge is 0.336 e. The number of amides is 1. The molecule has 1 aromatic rings. The summed E-state index contributed by atoms with van der Waals surface area (Å²) >= 11 is 0. The van der Waals surface area contributed by atoms with Gasteiger partial charge in [-0.15, -0.1) is 0 Å². The van der Waals surface area contributed by atoms with Gasteiger partial charge in [0, 0.05) is 18.0 Å². The zero-order chi connectivity index (χ0) is 19.1. The van der Waals surface area contributed by atoms with Crippen molar-refractivity contribution in [3.8, 4) is 5.75 Å². The summed E-state index contributed by atoms with van der Waals surface area (Å²) in [5, 5.41) is 2.72. The summed E-state index contributed by atoms with van der Waals surface area (Å²) in [5.74, 6) is -0.236. The molecule has 0 fully saturated rings. The Morgan fingerprint density at radius 2 is 2.00 bits per heavy atom. The molecule has 1 N–H and O–H groups in total. The molecular formula is C21H23NO4. The summed E-state index contributed by atoms with van der Waals surface area (Å²) < 4.78 is 10.6. The SMILES string of the molecule is C=C/C=C(\C=C)COC(=O)C1=C(C)NC(=O)CC1c1ccc(OC)cc1. The van der Waals surface area contributed by atoms with Crippen LogP contribution in [0, 0.1) is 0 Å². The highest BCUT2D eigenvalue weighted by Crippen LogP contribution is 2.34. The molecule has 0 aliphatic carbocycles. The maximum absolute atomic E-state index is 12.7. The average molecular weight is 353 g/mol. The van der Waals surface area contributed by atoms with Crippen molar-refractivity contribution < 1.29 is 19.1 Å². The summed E-state index contributed by atoms with van der Waals surface area (Å²) in [6.45, 7) is 9.10. The zero-order valence-electron chi connectivity index (χ0n) is 15.1. The van der Waals surface area contributed by atoms with Crippen LogP contribution in [-0.4, -0.2) is 25.6 Å². The normalized spacial score (nSPS) is 17.4. The molecule has 26 heavy (non-hydrogen) atoms. The highest BCUT2D eigenvalue weighted by molar-refractivity contribution is 5.95. The molecule has 0 aromatic heterocycles. The monoisotopic (exact) mass is 353 g/mol. The Hall–Kier alpha value is -3.08. The van der Waals surface area contributed by atoms with Gasteiger partial charge in [-0.05, 0) is 30.2 Å². The quantitative estimate of drug-likeness (QED) is 0.603. The number of benzene rings is 1. The summed E-state index contributed by atoms with van der Waals surface area (Å²) in [4.78, 5) is 24.7. The summed E-state index contributed by atoms with van der Waals surface area (Å²) in [6.07, 6.45) is 5.13. The van der Waals surface area contributed by atoms with Crippen LogP contribution in [0.3, 0.4) is 0 Å². The Morgan fingerprint density at radius 1 is 1.31 bits per heavy atom. The second-order valence-corrected chi connectivity index (χ2v) is 5.87. The Bertz CT molecular complexity index is 772. The first-order valence-corrected chi connectivity index (χ1v) is 8.25. The molecule has 136 valence electrons. The minimum Gasteiger partial charge on any atom is -0.497 e. The molecule has 1 aliphatic rings. The third-order valence-electron chi connectivity index (χ3n) is 4.17. The highest BCUT2D eigenvalue weighted by atomic mass is 16.5. The van der Waals surface area contributed by atoms with Crippen LogP contribution in [0.1, 0.15) is 24.8 Å². The third kappa shape index (κ3) is 4.51. The van der Waals surface area contributed by atoms with E-state index in [-0.39, 0.29) is 24.9 Å². The molecule has 1 amide bonds. The van der Waals surface area contributed by atoms with Crippen molar-refractivity contribution in [3.05, 3.63) is 78.1 Å². The largest absolute Gasteiger partial charge is 0.497 e. The minimum absolute atomic E-state index is 0.0917. The summed E-state index contributed by atoms with van der Waals surface area (Å²) in [5.41, 5.74) is 2.57. The number of methoxy groups -OCH3 is 1. The van der Waals surface area contributed by atoms with Gasteiger partial charge in [-0.25, -0.2) is 4.79 Å². The molecule has 1 atom stereocenters. The molecule has 0 saturated heterocycles. The molecule has 0 saturated carbocycles. The maximum atomic E-state index is 12.7. The van der Waals surface area contributed by atoms with E-state index in [1.807, 2.05) is 24.3 Å². The summed E-state index contributed by atoms with van der Waals surface area (Å²) in [6, 6.07) is 7.33. The molecule has 5 nitrogen and oxygen atoms in total. The number of rotatable bonds is 7. The van der Waals surface area contributed by atoms with Crippen LogP contribution in [-0.2, 0) is 14.3 Å². The second kappa shape index (κ2) is 8.85. The number of esters is 1. The molecule has 2 rings (SSSR count). The fraction of sp³-hybridized carbons (Fsp3) is 0.238. The van der Waals surface area contributed by atoms with Crippen LogP contribution >= 0.6 is 0 Å². The lowest BCUT2D eigenvalue weighted by molar-refractivity contribution is -0.138. The molecule has 1 heterocycles. The minimum atomic E-state index is -0.458.